The molecule has 160 valence electrons. The van der Waals surface area contributed by atoms with Gasteiger partial charge < -0.3 is 12.4 Å². The predicted octanol–water partition coefficient (Wildman–Crippen LogP) is 3.40. The molecule has 32 heavy (non-hydrogen) atoms. The van der Waals surface area contributed by atoms with Gasteiger partial charge in [0.2, 0.25) is 5.69 Å². The lowest BCUT2D eigenvalue weighted by molar-refractivity contribution is -0.401. The molecule has 0 bridgehead atoms. The Labute approximate surface area is 195 Å². The van der Waals surface area contributed by atoms with E-state index in [1.807, 2.05) is 16.8 Å². The summed E-state index contributed by atoms with van der Waals surface area (Å²) in [7, 11) is 2.14. The zero-order chi connectivity index (χ0) is 21.4. The number of aromatic nitrogens is 2. The highest BCUT2D eigenvalue weighted by Crippen LogP contribution is 2.39. The average molecular weight is 440 g/mol. The van der Waals surface area contributed by atoms with Gasteiger partial charge in [0, 0.05) is 35.0 Å². The van der Waals surface area contributed by atoms with Crippen molar-refractivity contribution in [3.05, 3.63) is 103 Å². The van der Waals surface area contributed by atoms with Crippen molar-refractivity contribution >= 4 is 17.6 Å². The van der Waals surface area contributed by atoms with E-state index in [2.05, 4.69) is 117 Å². The Balaban J connectivity index is 0.00000245. The van der Waals surface area contributed by atoms with Gasteiger partial charge >= 0.3 is 0 Å². The number of hydrogen-bond acceptors (Lipinski definition) is 1. The molecule has 2 heterocycles. The fourth-order valence-corrected chi connectivity index (χ4v) is 4.53. The zero-order valence-corrected chi connectivity index (χ0v) is 19.3. The average Bonchev–Trinajstić information content (AvgIpc) is 3.31. The summed E-state index contributed by atoms with van der Waals surface area (Å²) in [4.78, 5) is 0. The Morgan fingerprint density at radius 1 is 0.812 bits per heavy atom. The molecule has 1 aromatic heterocycles. The number of benzene rings is 3. The summed E-state index contributed by atoms with van der Waals surface area (Å²) in [5, 5.41) is 4.94. The maximum absolute atomic E-state index is 4.94. The molecular weight excluding hydrogens is 414 g/mol. The monoisotopic (exact) mass is 439 g/mol. The van der Waals surface area contributed by atoms with Crippen molar-refractivity contribution in [2.45, 2.75) is 19.3 Å². The van der Waals surface area contributed by atoms with Gasteiger partial charge in [-0.05, 0) is 19.9 Å². The summed E-state index contributed by atoms with van der Waals surface area (Å²) in [6, 6.07) is 31.6. The van der Waals surface area contributed by atoms with Crippen LogP contribution in [0.3, 0.4) is 0 Å². The maximum atomic E-state index is 4.94. The molecule has 1 aliphatic heterocycles. The third-order valence-electron chi connectivity index (χ3n) is 6.19. The lowest BCUT2D eigenvalue weighted by Gasteiger charge is -2.15. The molecule has 0 spiro atoms. The van der Waals surface area contributed by atoms with Gasteiger partial charge in [0.05, 0.1) is 16.8 Å². The van der Waals surface area contributed by atoms with E-state index in [0.717, 1.165) is 22.5 Å². The van der Waals surface area contributed by atoms with Crippen molar-refractivity contribution < 1.29 is 17.0 Å². The van der Waals surface area contributed by atoms with E-state index >= 15 is 0 Å². The van der Waals surface area contributed by atoms with Crippen LogP contribution in [0.5, 0.6) is 0 Å². The molecule has 0 N–H and O–H groups in total. The molecule has 4 aromatic rings. The summed E-state index contributed by atoms with van der Waals surface area (Å²) < 4.78 is 4.28. The molecule has 5 rings (SSSR count). The Morgan fingerprint density at radius 3 is 2.06 bits per heavy atom. The number of allylic oxidation sites excluding steroid dienone is 1. The van der Waals surface area contributed by atoms with E-state index in [0.29, 0.717) is 0 Å². The van der Waals surface area contributed by atoms with E-state index in [4.69, 9.17) is 5.10 Å². The van der Waals surface area contributed by atoms with Gasteiger partial charge in [0.25, 0.3) is 0 Å². The molecule has 4 heteroatoms. The number of rotatable bonds is 4. The quantitative estimate of drug-likeness (QED) is 0.446. The van der Waals surface area contributed by atoms with Crippen LogP contribution >= 0.6 is 0 Å². The fourth-order valence-electron chi connectivity index (χ4n) is 4.53. The molecule has 0 atom stereocenters. The first-order valence-corrected chi connectivity index (χ1v) is 10.6. The van der Waals surface area contributed by atoms with E-state index in [1.165, 1.54) is 17.0 Å². The number of para-hydroxylation sites is 1. The molecule has 0 aliphatic carbocycles. The van der Waals surface area contributed by atoms with Gasteiger partial charge in [0.1, 0.15) is 7.05 Å². The van der Waals surface area contributed by atoms with Gasteiger partial charge in [-0.1, -0.05) is 78.9 Å². The summed E-state index contributed by atoms with van der Waals surface area (Å²) >= 11 is 0. The minimum absolute atomic E-state index is 0. The molecule has 3 aromatic carbocycles. The van der Waals surface area contributed by atoms with Gasteiger partial charge in [-0.25, -0.2) is 4.68 Å². The summed E-state index contributed by atoms with van der Waals surface area (Å²) in [5.41, 5.74) is 8.11. The van der Waals surface area contributed by atoms with Crippen molar-refractivity contribution in [2.75, 3.05) is 7.05 Å². The fraction of sp³-hybridized carbons (Fsp3) is 0.143. The second kappa shape index (κ2) is 8.60. The van der Waals surface area contributed by atoms with Crippen LogP contribution in [0.4, 0.5) is 5.69 Å². The molecular formula is C28H26ClN3. The molecule has 1 aliphatic rings. The summed E-state index contributed by atoms with van der Waals surface area (Å²) in [6.07, 6.45) is 4.29. The molecule has 0 saturated carbocycles. The lowest BCUT2D eigenvalue weighted by Crippen LogP contribution is -3.00. The van der Waals surface area contributed by atoms with Crippen LogP contribution in [0, 0.1) is 0 Å². The summed E-state index contributed by atoms with van der Waals surface area (Å²) in [5.74, 6) is 0. The standard InChI is InChI=1S/C28H26N3.ClH/c1-28(2)23-16-10-11-17-25(23)30(3)27(28)18-19-31-26(22-14-8-5-9-15-22)20-24(29-31)21-12-6-4-7-13-21;/h4-20H,1-3H3;1H/q+1;/p-1. The molecule has 0 saturated heterocycles. The zero-order valence-electron chi connectivity index (χ0n) is 18.5. The molecule has 0 fully saturated rings. The predicted molar refractivity (Wildman–Crippen MR) is 129 cm³/mol. The number of halogens is 1. The lowest BCUT2D eigenvalue weighted by atomic mass is 9.81. The van der Waals surface area contributed by atoms with Crippen LogP contribution < -0.4 is 12.4 Å². The van der Waals surface area contributed by atoms with Crippen LogP contribution in [0.15, 0.2) is 97.1 Å². The minimum Gasteiger partial charge on any atom is -1.00 e. The van der Waals surface area contributed by atoms with Crippen LogP contribution in [-0.4, -0.2) is 27.1 Å². The first kappa shape index (κ1) is 21.8. The van der Waals surface area contributed by atoms with E-state index in [1.54, 1.807) is 0 Å². The number of hydrogen-bond donors (Lipinski definition) is 0. The maximum Gasteiger partial charge on any atom is 0.209 e. The Bertz CT molecular complexity index is 1300. The van der Waals surface area contributed by atoms with Crippen molar-refractivity contribution in [1.29, 1.82) is 0 Å². The summed E-state index contributed by atoms with van der Waals surface area (Å²) in [6.45, 7) is 4.57. The van der Waals surface area contributed by atoms with Gasteiger partial charge in [-0.3, -0.25) is 0 Å². The Hall–Kier alpha value is -3.43. The van der Waals surface area contributed by atoms with Crippen molar-refractivity contribution in [3.63, 3.8) is 0 Å². The molecule has 3 nitrogen and oxygen atoms in total. The third kappa shape index (κ3) is 3.69. The first-order chi connectivity index (χ1) is 15.1. The Morgan fingerprint density at radius 2 is 1.41 bits per heavy atom. The molecule has 0 amide bonds. The van der Waals surface area contributed by atoms with Crippen molar-refractivity contribution in [2.24, 2.45) is 0 Å². The van der Waals surface area contributed by atoms with Crippen molar-refractivity contribution in [3.8, 4) is 22.5 Å². The molecule has 0 unspecified atom stereocenters. The Kier molecular flexibility index (Phi) is 5.86. The second-order valence-electron chi connectivity index (χ2n) is 8.49. The van der Waals surface area contributed by atoms with Crippen molar-refractivity contribution in [1.82, 2.24) is 9.78 Å². The first-order valence-electron chi connectivity index (χ1n) is 10.6. The SMILES string of the molecule is C[N+]1=C(/C=C/n2nc(-c3ccccc3)cc2-c2ccccc2)C(C)(C)c2ccccc21.[Cl-]. The smallest absolute Gasteiger partial charge is 0.209 e. The van der Waals surface area contributed by atoms with Crippen LogP contribution in [-0.2, 0) is 5.41 Å². The largest absolute Gasteiger partial charge is 1.00 e. The van der Waals surface area contributed by atoms with Gasteiger partial charge in [-0.2, -0.15) is 9.67 Å². The van der Waals surface area contributed by atoms with E-state index in [9.17, 15) is 0 Å². The third-order valence-corrected chi connectivity index (χ3v) is 6.19. The highest BCUT2D eigenvalue weighted by molar-refractivity contribution is 6.04. The minimum atomic E-state index is -0.0653. The van der Waals surface area contributed by atoms with Crippen LogP contribution in [0.1, 0.15) is 19.4 Å². The van der Waals surface area contributed by atoms with Crippen LogP contribution in [0.2, 0.25) is 0 Å². The van der Waals surface area contributed by atoms with E-state index < -0.39 is 0 Å². The topological polar surface area (TPSA) is 20.8 Å². The normalized spacial score (nSPS) is 14.5. The van der Waals surface area contributed by atoms with E-state index in [-0.39, 0.29) is 17.8 Å². The van der Waals surface area contributed by atoms with Gasteiger partial charge in [0.15, 0.2) is 5.71 Å². The number of nitrogens with zero attached hydrogens (tertiary/aromatic N) is 3. The second-order valence-corrected chi connectivity index (χ2v) is 8.49. The van der Waals surface area contributed by atoms with Crippen LogP contribution in [0.25, 0.3) is 28.7 Å². The number of fused-ring (bicyclic) bond motifs is 1. The molecule has 0 radical (unpaired) electrons. The highest BCUT2D eigenvalue weighted by Gasteiger charge is 2.42. The highest BCUT2D eigenvalue weighted by atomic mass is 35.5. The van der Waals surface area contributed by atoms with Gasteiger partial charge in [-0.15, -0.1) is 0 Å².